The van der Waals surface area contributed by atoms with Crippen molar-refractivity contribution in [2.45, 2.75) is 103 Å². The number of morpholine rings is 1. The molecule has 10 atom stereocenters. The first kappa shape index (κ1) is 27.2. The van der Waals surface area contributed by atoms with Gasteiger partial charge in [-0.25, -0.2) is 0 Å². The first-order chi connectivity index (χ1) is 18.3. The fourth-order valence-corrected chi connectivity index (χ4v) is 10.7. The zero-order valence-electron chi connectivity index (χ0n) is 24.2. The van der Waals surface area contributed by atoms with E-state index in [1.54, 1.807) is 6.92 Å². The Kier molecular flexibility index (Phi) is 7.74. The Morgan fingerprint density at radius 1 is 0.974 bits per heavy atom. The number of fused-ring (bicyclic) bond motifs is 5. The van der Waals surface area contributed by atoms with Crippen molar-refractivity contribution in [3.8, 4) is 0 Å². The molecule has 6 nitrogen and oxygen atoms in total. The molecule has 0 aromatic heterocycles. The van der Waals surface area contributed by atoms with Crippen LogP contribution in [-0.2, 0) is 19.0 Å². The highest BCUT2D eigenvalue weighted by Gasteiger charge is 2.65. The van der Waals surface area contributed by atoms with Crippen molar-refractivity contribution < 1.29 is 19.0 Å². The van der Waals surface area contributed by atoms with Gasteiger partial charge in [0.2, 0.25) is 0 Å². The molecular weight excluding hydrogens is 476 g/mol. The molecule has 6 aliphatic rings. The van der Waals surface area contributed by atoms with Gasteiger partial charge in [0.1, 0.15) is 6.10 Å². The summed E-state index contributed by atoms with van der Waals surface area (Å²) in [6, 6.07) is 0.881. The van der Waals surface area contributed by atoms with E-state index in [1.807, 2.05) is 6.08 Å². The SMILES string of the molecule is C=CCOC1C[C@@H]2CCC3C4C[C@H](N5CCCC5)[C@H](OC(C)=O)[C@@]4(C)CCC3[C@@]2(C)C[C@@H]1N1CCOCC1. The topological polar surface area (TPSA) is 51.2 Å². The van der Waals surface area contributed by atoms with Gasteiger partial charge in [0.05, 0.1) is 25.9 Å². The van der Waals surface area contributed by atoms with E-state index in [2.05, 4.69) is 30.2 Å². The van der Waals surface area contributed by atoms with E-state index in [9.17, 15) is 4.79 Å². The number of nitrogens with zero attached hydrogens (tertiary/aromatic N) is 2. The second-order valence-corrected chi connectivity index (χ2v) is 14.1. The van der Waals surface area contributed by atoms with Gasteiger partial charge in [-0.15, -0.1) is 6.58 Å². The van der Waals surface area contributed by atoms with Gasteiger partial charge in [-0.05, 0) is 100.0 Å². The highest BCUT2D eigenvalue weighted by atomic mass is 16.5. The molecule has 214 valence electrons. The number of hydrogen-bond donors (Lipinski definition) is 0. The van der Waals surface area contributed by atoms with E-state index in [0.717, 1.165) is 44.1 Å². The quantitative estimate of drug-likeness (QED) is 0.360. The highest BCUT2D eigenvalue weighted by molar-refractivity contribution is 5.66. The smallest absolute Gasteiger partial charge is 0.302 e. The first-order valence-electron chi connectivity index (χ1n) is 15.8. The third-order valence-corrected chi connectivity index (χ3v) is 12.4. The first-order valence-corrected chi connectivity index (χ1v) is 15.8. The lowest BCUT2D eigenvalue weighted by molar-refractivity contribution is -0.175. The Bertz CT molecular complexity index is 870. The predicted octanol–water partition coefficient (Wildman–Crippen LogP) is 4.92. The molecule has 2 heterocycles. The monoisotopic (exact) mass is 528 g/mol. The fourth-order valence-electron chi connectivity index (χ4n) is 10.7. The molecule has 6 fully saturated rings. The van der Waals surface area contributed by atoms with Crippen molar-refractivity contribution in [3.05, 3.63) is 12.7 Å². The molecule has 6 rings (SSSR count). The molecule has 4 saturated carbocycles. The summed E-state index contributed by atoms with van der Waals surface area (Å²) >= 11 is 0. The summed E-state index contributed by atoms with van der Waals surface area (Å²) in [6.45, 7) is 17.4. The second kappa shape index (κ2) is 10.8. The Hall–Kier alpha value is -0.950. The van der Waals surface area contributed by atoms with Gasteiger partial charge in [-0.2, -0.15) is 0 Å². The number of hydrogen-bond acceptors (Lipinski definition) is 6. The lowest BCUT2D eigenvalue weighted by Crippen LogP contribution is -2.61. The zero-order valence-corrected chi connectivity index (χ0v) is 24.2. The van der Waals surface area contributed by atoms with Crippen LogP contribution in [-0.4, -0.2) is 86.1 Å². The van der Waals surface area contributed by atoms with Crippen LogP contribution in [0.3, 0.4) is 0 Å². The van der Waals surface area contributed by atoms with Crippen molar-refractivity contribution >= 4 is 5.97 Å². The normalized spacial score (nSPS) is 47.7. The van der Waals surface area contributed by atoms with Crippen LogP contribution in [0, 0.1) is 34.5 Å². The van der Waals surface area contributed by atoms with Crippen LogP contribution in [0.1, 0.15) is 78.6 Å². The minimum Gasteiger partial charge on any atom is -0.460 e. The average molecular weight is 529 g/mol. The van der Waals surface area contributed by atoms with Crippen molar-refractivity contribution in [3.63, 3.8) is 0 Å². The van der Waals surface area contributed by atoms with E-state index >= 15 is 0 Å². The molecule has 0 bridgehead atoms. The molecule has 0 radical (unpaired) electrons. The van der Waals surface area contributed by atoms with Crippen molar-refractivity contribution in [2.24, 2.45) is 34.5 Å². The minimum absolute atomic E-state index is 0.0544. The molecule has 6 heteroatoms. The number of carbonyl (C=O) groups is 1. The molecule has 2 saturated heterocycles. The van der Waals surface area contributed by atoms with Gasteiger partial charge in [-0.1, -0.05) is 19.9 Å². The zero-order chi connectivity index (χ0) is 26.5. The third kappa shape index (κ3) is 4.59. The van der Waals surface area contributed by atoms with Crippen molar-refractivity contribution in [1.82, 2.24) is 9.80 Å². The van der Waals surface area contributed by atoms with Gasteiger partial charge in [0, 0.05) is 37.5 Å². The molecule has 4 aliphatic carbocycles. The van der Waals surface area contributed by atoms with Crippen LogP contribution < -0.4 is 0 Å². The maximum atomic E-state index is 12.3. The van der Waals surface area contributed by atoms with Crippen LogP contribution in [0.4, 0.5) is 0 Å². The summed E-state index contributed by atoms with van der Waals surface area (Å²) < 4.78 is 18.5. The molecular formula is C32H52N2O4. The van der Waals surface area contributed by atoms with Crippen LogP contribution in [0.25, 0.3) is 0 Å². The van der Waals surface area contributed by atoms with Gasteiger partial charge < -0.3 is 14.2 Å². The van der Waals surface area contributed by atoms with Gasteiger partial charge in [0.25, 0.3) is 0 Å². The lowest BCUT2D eigenvalue weighted by atomic mass is 9.44. The predicted molar refractivity (Wildman–Crippen MR) is 149 cm³/mol. The molecule has 0 aromatic carbocycles. The Morgan fingerprint density at radius 3 is 2.42 bits per heavy atom. The van der Waals surface area contributed by atoms with Gasteiger partial charge in [0.15, 0.2) is 0 Å². The molecule has 2 aliphatic heterocycles. The third-order valence-electron chi connectivity index (χ3n) is 12.4. The van der Waals surface area contributed by atoms with Crippen LogP contribution in [0.5, 0.6) is 0 Å². The van der Waals surface area contributed by atoms with E-state index in [-0.39, 0.29) is 17.5 Å². The molecule has 4 unspecified atom stereocenters. The minimum atomic E-state index is -0.0925. The lowest BCUT2D eigenvalue weighted by Gasteiger charge is -2.62. The Labute approximate surface area is 230 Å². The van der Waals surface area contributed by atoms with Crippen molar-refractivity contribution in [1.29, 1.82) is 0 Å². The number of carbonyl (C=O) groups excluding carboxylic acids is 1. The van der Waals surface area contributed by atoms with Crippen LogP contribution >= 0.6 is 0 Å². The van der Waals surface area contributed by atoms with Crippen molar-refractivity contribution in [2.75, 3.05) is 46.0 Å². The molecule has 0 aromatic rings. The molecule has 0 amide bonds. The fraction of sp³-hybridized carbons (Fsp3) is 0.906. The van der Waals surface area contributed by atoms with E-state index in [0.29, 0.717) is 36.1 Å². The average Bonchev–Trinajstić information content (AvgIpc) is 3.54. The summed E-state index contributed by atoms with van der Waals surface area (Å²) in [7, 11) is 0. The summed E-state index contributed by atoms with van der Waals surface area (Å²) in [6.07, 6.45) is 13.6. The maximum absolute atomic E-state index is 12.3. The standard InChI is InChI=1S/C32H52N2O4/c1-5-16-37-29-19-23-8-9-24-25(32(23,4)21-28(29)34-14-17-36-18-15-34)10-11-31(3)26(24)20-27(30(31)38-22(2)35)33-12-6-7-13-33/h5,23-30H,1,6-21H2,2-4H3/t23-,24?,25?,26?,27-,28-,29?,30-,31-,32-/m0/s1. The Morgan fingerprint density at radius 2 is 1.71 bits per heavy atom. The molecule has 38 heavy (non-hydrogen) atoms. The molecule has 0 spiro atoms. The van der Waals surface area contributed by atoms with E-state index in [1.165, 1.54) is 70.9 Å². The molecule has 0 N–H and O–H groups in total. The van der Waals surface area contributed by atoms with Crippen LogP contribution in [0.2, 0.25) is 0 Å². The number of esters is 1. The second-order valence-electron chi connectivity index (χ2n) is 14.1. The largest absolute Gasteiger partial charge is 0.460 e. The number of likely N-dealkylation sites (tertiary alicyclic amines) is 1. The summed E-state index contributed by atoms with van der Waals surface area (Å²) in [5, 5.41) is 0. The van der Waals surface area contributed by atoms with Crippen LogP contribution in [0.15, 0.2) is 12.7 Å². The van der Waals surface area contributed by atoms with Gasteiger partial charge in [-0.3, -0.25) is 14.6 Å². The number of rotatable bonds is 6. The van der Waals surface area contributed by atoms with E-state index < -0.39 is 0 Å². The summed E-state index contributed by atoms with van der Waals surface area (Å²) in [5.74, 6) is 2.81. The van der Waals surface area contributed by atoms with Gasteiger partial charge >= 0.3 is 5.97 Å². The Balaban J connectivity index is 1.27. The summed E-state index contributed by atoms with van der Waals surface area (Å²) in [4.78, 5) is 17.7. The van der Waals surface area contributed by atoms with E-state index in [4.69, 9.17) is 14.2 Å². The maximum Gasteiger partial charge on any atom is 0.302 e. The number of ether oxygens (including phenoxy) is 3. The summed E-state index contributed by atoms with van der Waals surface area (Å²) in [5.41, 5.74) is 0.459. The highest BCUT2D eigenvalue weighted by Crippen LogP contribution is 2.67.